The van der Waals surface area contributed by atoms with Gasteiger partial charge in [0.25, 0.3) is 0 Å². The molecule has 0 aliphatic rings. The number of likely N-dealkylation sites (N-methyl/N-ethyl adjacent to an activating group) is 1. The molecule has 1 aromatic carbocycles. The molecule has 0 bridgehead atoms. The van der Waals surface area contributed by atoms with E-state index in [1.54, 1.807) is 20.8 Å². The van der Waals surface area contributed by atoms with Gasteiger partial charge in [-0.15, -0.1) is 0 Å². The molecular formula is C13H16F4N2O. The largest absolute Gasteiger partial charge is 0.419 e. The fourth-order valence-corrected chi connectivity index (χ4v) is 1.63. The van der Waals surface area contributed by atoms with E-state index in [2.05, 4.69) is 10.6 Å². The van der Waals surface area contributed by atoms with Crippen molar-refractivity contribution < 1.29 is 22.4 Å². The molecule has 0 unspecified atom stereocenters. The van der Waals surface area contributed by atoms with E-state index in [0.29, 0.717) is 18.7 Å². The van der Waals surface area contributed by atoms with Crippen LogP contribution in [0.15, 0.2) is 18.2 Å². The van der Waals surface area contributed by atoms with Crippen LogP contribution in [-0.4, -0.2) is 18.0 Å². The van der Waals surface area contributed by atoms with Gasteiger partial charge < -0.3 is 10.6 Å². The van der Waals surface area contributed by atoms with Crippen molar-refractivity contribution in [3.63, 3.8) is 0 Å². The van der Waals surface area contributed by atoms with Gasteiger partial charge in [-0.1, -0.05) is 6.92 Å². The minimum absolute atomic E-state index is 0.102. The van der Waals surface area contributed by atoms with Crippen LogP contribution in [0, 0.1) is 5.82 Å². The highest BCUT2D eigenvalue weighted by Gasteiger charge is 2.34. The number of benzene rings is 1. The normalized spacial score (nSPS) is 12.3. The Labute approximate surface area is 114 Å². The monoisotopic (exact) mass is 292 g/mol. The van der Waals surface area contributed by atoms with E-state index in [-0.39, 0.29) is 5.69 Å². The maximum absolute atomic E-state index is 13.1. The Hall–Kier alpha value is -1.63. The van der Waals surface area contributed by atoms with Gasteiger partial charge in [-0.2, -0.15) is 13.2 Å². The summed E-state index contributed by atoms with van der Waals surface area (Å²) in [6.07, 6.45) is -4.80. The smallest absolute Gasteiger partial charge is 0.324 e. The predicted octanol–water partition coefficient (Wildman–Crippen LogP) is 3.17. The number of rotatable bonds is 4. The summed E-state index contributed by atoms with van der Waals surface area (Å²) in [5, 5.41) is 5.23. The lowest BCUT2D eigenvalue weighted by molar-refractivity contribution is -0.140. The van der Waals surface area contributed by atoms with E-state index >= 15 is 0 Å². The van der Waals surface area contributed by atoms with E-state index in [9.17, 15) is 22.4 Å². The van der Waals surface area contributed by atoms with E-state index in [1.165, 1.54) is 0 Å². The predicted molar refractivity (Wildman–Crippen MR) is 67.8 cm³/mol. The van der Waals surface area contributed by atoms with Crippen LogP contribution < -0.4 is 10.6 Å². The Morgan fingerprint density at radius 1 is 1.25 bits per heavy atom. The second-order valence-corrected chi connectivity index (χ2v) is 4.80. The summed E-state index contributed by atoms with van der Waals surface area (Å²) in [4.78, 5) is 11.9. The summed E-state index contributed by atoms with van der Waals surface area (Å²) >= 11 is 0. The number of halogens is 4. The number of amides is 1. The summed E-state index contributed by atoms with van der Waals surface area (Å²) in [6.45, 7) is 5.52. The minimum Gasteiger partial charge on any atom is -0.324 e. The first-order chi connectivity index (χ1) is 9.08. The Kier molecular flexibility index (Phi) is 4.75. The van der Waals surface area contributed by atoms with Gasteiger partial charge in [-0.05, 0) is 38.6 Å². The van der Waals surface area contributed by atoms with Crippen LogP contribution in [0.4, 0.5) is 23.2 Å². The number of hydrogen-bond acceptors (Lipinski definition) is 2. The van der Waals surface area contributed by atoms with E-state index in [1.807, 2.05) is 0 Å². The van der Waals surface area contributed by atoms with Crippen molar-refractivity contribution in [2.24, 2.45) is 0 Å². The minimum atomic E-state index is -4.80. The van der Waals surface area contributed by atoms with Crippen molar-refractivity contribution in [1.82, 2.24) is 5.32 Å². The third-order valence-corrected chi connectivity index (χ3v) is 2.72. The molecule has 0 heterocycles. The molecule has 0 saturated heterocycles. The highest BCUT2D eigenvalue weighted by molar-refractivity contribution is 5.97. The van der Waals surface area contributed by atoms with Crippen molar-refractivity contribution in [3.05, 3.63) is 29.6 Å². The molecule has 0 aromatic heterocycles. The molecular weight excluding hydrogens is 276 g/mol. The summed E-state index contributed by atoms with van der Waals surface area (Å²) in [5.41, 5.74) is -2.45. The molecule has 1 amide bonds. The van der Waals surface area contributed by atoms with Crippen molar-refractivity contribution in [1.29, 1.82) is 0 Å². The lowest BCUT2D eigenvalue weighted by Gasteiger charge is -2.24. The summed E-state index contributed by atoms with van der Waals surface area (Å²) in [6, 6.07) is 2.35. The zero-order chi connectivity index (χ0) is 15.6. The average Bonchev–Trinajstić information content (AvgIpc) is 2.30. The summed E-state index contributed by atoms with van der Waals surface area (Å²) in [5.74, 6) is -1.87. The fourth-order valence-electron chi connectivity index (χ4n) is 1.63. The Bertz CT molecular complexity index is 498. The number of carbonyl (C=O) groups is 1. The third kappa shape index (κ3) is 3.93. The van der Waals surface area contributed by atoms with Gasteiger partial charge in [-0.25, -0.2) is 4.39 Å². The van der Waals surface area contributed by atoms with Crippen LogP contribution in [0.25, 0.3) is 0 Å². The lowest BCUT2D eigenvalue weighted by atomic mass is 10.0. The second kappa shape index (κ2) is 5.78. The fraction of sp³-hybridized carbons (Fsp3) is 0.462. The summed E-state index contributed by atoms with van der Waals surface area (Å²) in [7, 11) is 0. The number of carbonyl (C=O) groups excluding carboxylic acids is 1. The Morgan fingerprint density at radius 3 is 2.35 bits per heavy atom. The van der Waals surface area contributed by atoms with Crippen molar-refractivity contribution in [2.75, 3.05) is 11.9 Å². The SMILES string of the molecule is CCNC(C)(C)C(=O)Nc1ccc(F)c(C(F)(F)F)c1. The quantitative estimate of drug-likeness (QED) is 0.837. The first-order valence-electron chi connectivity index (χ1n) is 6.01. The zero-order valence-electron chi connectivity index (χ0n) is 11.4. The highest BCUT2D eigenvalue weighted by Crippen LogP contribution is 2.33. The molecule has 0 aliphatic heterocycles. The molecule has 112 valence electrons. The van der Waals surface area contributed by atoms with E-state index < -0.39 is 29.0 Å². The topological polar surface area (TPSA) is 41.1 Å². The molecule has 20 heavy (non-hydrogen) atoms. The van der Waals surface area contributed by atoms with Gasteiger partial charge in [0.1, 0.15) is 5.82 Å². The first-order valence-corrected chi connectivity index (χ1v) is 6.01. The van der Waals surface area contributed by atoms with Crippen molar-refractivity contribution in [2.45, 2.75) is 32.5 Å². The van der Waals surface area contributed by atoms with Crippen molar-refractivity contribution in [3.8, 4) is 0 Å². The van der Waals surface area contributed by atoms with Crippen LogP contribution in [0.1, 0.15) is 26.3 Å². The third-order valence-electron chi connectivity index (χ3n) is 2.72. The molecule has 7 heteroatoms. The number of hydrogen-bond donors (Lipinski definition) is 2. The van der Waals surface area contributed by atoms with Crippen LogP contribution in [0.5, 0.6) is 0 Å². The Morgan fingerprint density at radius 2 is 1.85 bits per heavy atom. The van der Waals surface area contributed by atoms with Gasteiger partial charge in [0.15, 0.2) is 0 Å². The number of nitrogens with one attached hydrogen (secondary N) is 2. The number of anilines is 1. The van der Waals surface area contributed by atoms with Crippen LogP contribution >= 0.6 is 0 Å². The van der Waals surface area contributed by atoms with Gasteiger partial charge >= 0.3 is 6.18 Å². The van der Waals surface area contributed by atoms with Crippen LogP contribution in [0.3, 0.4) is 0 Å². The van der Waals surface area contributed by atoms with Crippen LogP contribution in [0.2, 0.25) is 0 Å². The maximum Gasteiger partial charge on any atom is 0.419 e. The van der Waals surface area contributed by atoms with E-state index in [0.717, 1.165) is 6.07 Å². The molecule has 0 saturated carbocycles. The molecule has 0 atom stereocenters. The van der Waals surface area contributed by atoms with Gasteiger partial charge in [0.2, 0.25) is 5.91 Å². The first kappa shape index (κ1) is 16.4. The van der Waals surface area contributed by atoms with Gasteiger partial charge in [0, 0.05) is 5.69 Å². The highest BCUT2D eigenvalue weighted by atomic mass is 19.4. The van der Waals surface area contributed by atoms with E-state index in [4.69, 9.17) is 0 Å². The molecule has 0 aliphatic carbocycles. The standard InChI is InChI=1S/C13H16F4N2O/c1-4-18-12(2,3)11(20)19-8-5-6-10(14)9(7-8)13(15,16)17/h5-7,18H,4H2,1-3H3,(H,19,20). The lowest BCUT2D eigenvalue weighted by Crippen LogP contribution is -2.49. The molecule has 0 radical (unpaired) electrons. The maximum atomic E-state index is 13.1. The van der Waals surface area contributed by atoms with Gasteiger partial charge in [0.05, 0.1) is 11.1 Å². The average molecular weight is 292 g/mol. The number of alkyl halides is 3. The van der Waals surface area contributed by atoms with Gasteiger partial charge in [-0.3, -0.25) is 4.79 Å². The van der Waals surface area contributed by atoms with Crippen molar-refractivity contribution >= 4 is 11.6 Å². The molecule has 3 nitrogen and oxygen atoms in total. The molecule has 2 N–H and O–H groups in total. The molecule has 1 rings (SSSR count). The summed E-state index contributed by atoms with van der Waals surface area (Å²) < 4.78 is 50.8. The second-order valence-electron chi connectivity index (χ2n) is 4.80. The zero-order valence-corrected chi connectivity index (χ0v) is 11.4. The molecule has 0 fully saturated rings. The Balaban J connectivity index is 2.97. The molecule has 0 spiro atoms. The van der Waals surface area contributed by atoms with Crippen LogP contribution in [-0.2, 0) is 11.0 Å². The molecule has 1 aromatic rings.